The molecule has 0 atom stereocenters. The number of hydrogen-bond acceptors (Lipinski definition) is 7. The number of nitrogens with one attached hydrogen (secondary N) is 1. The van der Waals surface area contributed by atoms with Crippen molar-refractivity contribution in [2.45, 2.75) is 33.1 Å². The highest BCUT2D eigenvalue weighted by atomic mass is 32.1. The number of carbonyl (C=O) groups is 1. The molecule has 3 aromatic rings. The van der Waals surface area contributed by atoms with Crippen LogP contribution in [-0.4, -0.2) is 47.4 Å². The first-order chi connectivity index (χ1) is 14.0. The normalized spacial score (nSPS) is 15.1. The van der Waals surface area contributed by atoms with E-state index in [1.165, 1.54) is 30.6 Å². The van der Waals surface area contributed by atoms with Crippen LogP contribution in [0.2, 0.25) is 0 Å². The summed E-state index contributed by atoms with van der Waals surface area (Å²) in [6.07, 6.45) is 5.30. The third kappa shape index (κ3) is 4.28. The summed E-state index contributed by atoms with van der Waals surface area (Å²) in [5.41, 5.74) is 2.18. The summed E-state index contributed by atoms with van der Waals surface area (Å²) in [5, 5.41) is 17.9. The minimum atomic E-state index is -0.364. The van der Waals surface area contributed by atoms with Gasteiger partial charge in [0.15, 0.2) is 5.58 Å². The number of aliphatic hydroxyl groups excluding tert-OH is 1. The van der Waals surface area contributed by atoms with Crippen LogP contribution in [0.1, 0.15) is 42.8 Å². The molecule has 1 amide bonds. The van der Waals surface area contributed by atoms with Crippen molar-refractivity contribution in [1.29, 1.82) is 0 Å². The van der Waals surface area contributed by atoms with Gasteiger partial charge in [-0.2, -0.15) is 0 Å². The molecule has 1 fully saturated rings. The Morgan fingerprint density at radius 1 is 1.31 bits per heavy atom. The van der Waals surface area contributed by atoms with E-state index in [9.17, 15) is 9.90 Å². The number of piperidine rings is 1. The number of aromatic nitrogens is 2. The second-order valence-electron chi connectivity index (χ2n) is 8.29. The number of anilines is 1. The molecular weight excluding hydrogens is 388 g/mol. The molecule has 0 radical (unpaired) electrons. The zero-order valence-electron chi connectivity index (χ0n) is 16.8. The van der Waals surface area contributed by atoms with Crippen LogP contribution in [0.5, 0.6) is 0 Å². The van der Waals surface area contributed by atoms with Crippen LogP contribution in [0, 0.1) is 5.41 Å². The number of fused-ring (bicyclic) bond motifs is 1. The summed E-state index contributed by atoms with van der Waals surface area (Å²) in [6.45, 7) is 6.33. The second-order valence-corrected chi connectivity index (χ2v) is 9.32. The monoisotopic (exact) mass is 414 g/mol. The Kier molecular flexibility index (Phi) is 5.56. The summed E-state index contributed by atoms with van der Waals surface area (Å²) in [7, 11) is 0. The smallest absolute Gasteiger partial charge is 0.263 e. The van der Waals surface area contributed by atoms with Crippen LogP contribution in [-0.2, 0) is 0 Å². The fourth-order valence-corrected chi connectivity index (χ4v) is 4.21. The van der Waals surface area contributed by atoms with E-state index in [-0.39, 0.29) is 17.9 Å². The molecule has 7 nitrogen and oxygen atoms in total. The Labute approximate surface area is 173 Å². The van der Waals surface area contributed by atoms with Gasteiger partial charge in [-0.15, -0.1) is 11.3 Å². The predicted octanol–water partition coefficient (Wildman–Crippen LogP) is 3.69. The summed E-state index contributed by atoms with van der Waals surface area (Å²) in [5.74, 6) is -0.199. The summed E-state index contributed by atoms with van der Waals surface area (Å²) in [6, 6.07) is 6.16. The number of nitrogens with zero attached hydrogens (tertiary/aromatic N) is 3. The maximum atomic E-state index is 12.4. The average Bonchev–Trinajstić information content (AvgIpc) is 3.39. The molecule has 0 saturated carbocycles. The summed E-state index contributed by atoms with van der Waals surface area (Å²) >= 11 is 1.29. The van der Waals surface area contributed by atoms with Crippen molar-refractivity contribution in [2.75, 3.05) is 31.1 Å². The Hall–Kier alpha value is -2.45. The lowest BCUT2D eigenvalue weighted by Gasteiger charge is -2.28. The topological polar surface area (TPSA) is 91.5 Å². The van der Waals surface area contributed by atoms with Crippen molar-refractivity contribution in [3.8, 4) is 10.7 Å². The summed E-state index contributed by atoms with van der Waals surface area (Å²) < 4.78 is 5.57. The van der Waals surface area contributed by atoms with E-state index < -0.39 is 0 Å². The average molecular weight is 415 g/mol. The van der Waals surface area contributed by atoms with Crippen molar-refractivity contribution in [2.24, 2.45) is 5.41 Å². The van der Waals surface area contributed by atoms with E-state index in [1.54, 1.807) is 6.20 Å². The molecule has 2 N–H and O–H groups in total. The van der Waals surface area contributed by atoms with E-state index in [4.69, 9.17) is 4.52 Å². The van der Waals surface area contributed by atoms with Gasteiger partial charge < -0.3 is 19.8 Å². The lowest BCUT2D eigenvalue weighted by atomic mass is 9.95. The van der Waals surface area contributed by atoms with Crippen LogP contribution in [0.4, 0.5) is 5.69 Å². The van der Waals surface area contributed by atoms with Crippen LogP contribution in [0.25, 0.3) is 21.7 Å². The molecule has 1 aromatic carbocycles. The van der Waals surface area contributed by atoms with Crippen molar-refractivity contribution in [3.63, 3.8) is 0 Å². The molecule has 3 heterocycles. The number of thiazole rings is 1. The van der Waals surface area contributed by atoms with Gasteiger partial charge in [0.05, 0.1) is 11.6 Å². The number of benzene rings is 1. The highest BCUT2D eigenvalue weighted by molar-refractivity contribution is 7.17. The molecule has 0 aliphatic carbocycles. The van der Waals surface area contributed by atoms with Crippen LogP contribution in [0.3, 0.4) is 0 Å². The first-order valence-electron chi connectivity index (χ1n) is 9.96. The standard InChI is InChI=1S/C21H26N4O3S/c1-21(2,13-26)12-23-19(27)17-11-22-20(29-17)18-15-7-6-14(10-16(15)28-24-18)25-8-4-3-5-9-25/h6-7,10-11,26H,3-5,8-9,12-13H2,1-2H3,(H,23,27). The molecule has 0 bridgehead atoms. The molecule has 29 heavy (non-hydrogen) atoms. The van der Waals surface area contributed by atoms with Gasteiger partial charge in [0, 0.05) is 43.4 Å². The van der Waals surface area contributed by atoms with Gasteiger partial charge in [-0.05, 0) is 31.4 Å². The highest BCUT2D eigenvalue weighted by Gasteiger charge is 2.21. The molecule has 1 saturated heterocycles. The van der Waals surface area contributed by atoms with E-state index in [0.29, 0.717) is 22.1 Å². The second kappa shape index (κ2) is 8.12. The molecular formula is C21H26N4O3S. The Balaban J connectivity index is 1.52. The molecule has 0 spiro atoms. The predicted molar refractivity (Wildman–Crippen MR) is 114 cm³/mol. The van der Waals surface area contributed by atoms with Gasteiger partial charge in [0.1, 0.15) is 15.6 Å². The number of carbonyl (C=O) groups excluding carboxylic acids is 1. The lowest BCUT2D eigenvalue weighted by Crippen LogP contribution is -2.35. The molecule has 1 aliphatic heterocycles. The first-order valence-corrected chi connectivity index (χ1v) is 10.8. The fraction of sp³-hybridized carbons (Fsp3) is 0.476. The van der Waals surface area contributed by atoms with Gasteiger partial charge in [-0.1, -0.05) is 19.0 Å². The van der Waals surface area contributed by atoms with Gasteiger partial charge in [0.25, 0.3) is 5.91 Å². The van der Waals surface area contributed by atoms with Gasteiger partial charge in [-0.3, -0.25) is 4.79 Å². The van der Waals surface area contributed by atoms with Gasteiger partial charge in [0.2, 0.25) is 0 Å². The Bertz CT molecular complexity index is 1000. The first kappa shape index (κ1) is 19.8. The maximum absolute atomic E-state index is 12.4. The lowest BCUT2D eigenvalue weighted by molar-refractivity contribution is 0.0915. The molecule has 2 aromatic heterocycles. The minimum Gasteiger partial charge on any atom is -0.396 e. The van der Waals surface area contributed by atoms with E-state index in [1.807, 2.05) is 26.0 Å². The quantitative estimate of drug-likeness (QED) is 0.639. The van der Waals surface area contributed by atoms with Crippen LogP contribution in [0.15, 0.2) is 28.9 Å². The molecule has 154 valence electrons. The third-order valence-electron chi connectivity index (χ3n) is 5.26. The summed E-state index contributed by atoms with van der Waals surface area (Å²) in [4.78, 5) is 19.7. The number of aliphatic hydroxyl groups is 1. The number of rotatable bonds is 6. The number of amides is 1. The fourth-order valence-electron chi connectivity index (χ4n) is 3.38. The van der Waals surface area contributed by atoms with E-state index in [2.05, 4.69) is 26.4 Å². The highest BCUT2D eigenvalue weighted by Crippen LogP contribution is 2.33. The Morgan fingerprint density at radius 3 is 2.86 bits per heavy atom. The SMILES string of the molecule is CC(C)(CO)CNC(=O)c1cnc(-c2noc3cc(N4CCCCC4)ccc23)s1. The van der Waals surface area contributed by atoms with Crippen molar-refractivity contribution < 1.29 is 14.4 Å². The van der Waals surface area contributed by atoms with Crippen LogP contribution >= 0.6 is 11.3 Å². The minimum absolute atomic E-state index is 0.00552. The van der Waals surface area contributed by atoms with Crippen molar-refractivity contribution in [3.05, 3.63) is 29.3 Å². The molecule has 1 aliphatic rings. The maximum Gasteiger partial charge on any atom is 0.263 e. The molecule has 4 rings (SSSR count). The third-order valence-corrected chi connectivity index (χ3v) is 6.27. The zero-order chi connectivity index (χ0) is 20.4. The van der Waals surface area contributed by atoms with E-state index >= 15 is 0 Å². The number of hydrogen-bond donors (Lipinski definition) is 2. The largest absolute Gasteiger partial charge is 0.396 e. The van der Waals surface area contributed by atoms with Crippen molar-refractivity contribution >= 4 is 33.9 Å². The Morgan fingerprint density at radius 2 is 2.10 bits per heavy atom. The van der Waals surface area contributed by atoms with Crippen molar-refractivity contribution in [1.82, 2.24) is 15.5 Å². The zero-order valence-corrected chi connectivity index (χ0v) is 17.6. The van der Waals surface area contributed by atoms with Gasteiger partial charge in [-0.25, -0.2) is 4.98 Å². The van der Waals surface area contributed by atoms with E-state index in [0.717, 1.165) is 29.7 Å². The molecule has 8 heteroatoms. The molecule has 0 unspecified atom stereocenters. The van der Waals surface area contributed by atoms with Crippen LogP contribution < -0.4 is 10.2 Å². The van der Waals surface area contributed by atoms with Gasteiger partial charge >= 0.3 is 0 Å².